The molecule has 4 aromatic rings. The molecule has 2 N–H and O–H groups in total. The van der Waals surface area contributed by atoms with Gasteiger partial charge in [-0.3, -0.25) is 0 Å². The van der Waals surface area contributed by atoms with Crippen molar-refractivity contribution in [3.05, 3.63) is 156 Å². The van der Waals surface area contributed by atoms with Crippen molar-refractivity contribution in [3.63, 3.8) is 0 Å². The summed E-state index contributed by atoms with van der Waals surface area (Å²) in [7, 11) is 0. The molecule has 0 radical (unpaired) electrons. The summed E-state index contributed by atoms with van der Waals surface area (Å²) in [4.78, 5) is 4.99. The summed E-state index contributed by atoms with van der Waals surface area (Å²) >= 11 is 0. The fourth-order valence-corrected chi connectivity index (χ4v) is 4.57. The van der Waals surface area contributed by atoms with Crippen LogP contribution in [0.1, 0.15) is 5.56 Å². The highest BCUT2D eigenvalue weighted by Crippen LogP contribution is 2.31. The molecule has 3 heteroatoms. The lowest BCUT2D eigenvalue weighted by Crippen LogP contribution is -2.17. The Bertz CT molecular complexity index is 1560. The van der Waals surface area contributed by atoms with E-state index in [4.69, 9.17) is 10.4 Å². The first-order valence-corrected chi connectivity index (χ1v) is 12.3. The van der Waals surface area contributed by atoms with Crippen molar-refractivity contribution < 1.29 is 0 Å². The molecule has 2 aliphatic rings. The minimum absolute atomic E-state index is 0.507. The van der Waals surface area contributed by atoms with Crippen LogP contribution in [0.15, 0.2) is 151 Å². The number of benzene rings is 3. The minimum Gasteiger partial charge on any atom is -0.354 e. The van der Waals surface area contributed by atoms with Crippen molar-refractivity contribution in [1.82, 2.24) is 10.3 Å². The van der Waals surface area contributed by atoms with Crippen molar-refractivity contribution in [2.45, 2.75) is 0 Å². The highest BCUT2D eigenvalue weighted by molar-refractivity contribution is 6.10. The molecular formula is C34H25N3. The Kier molecular flexibility index (Phi) is 6.02. The van der Waals surface area contributed by atoms with Gasteiger partial charge >= 0.3 is 0 Å². The summed E-state index contributed by atoms with van der Waals surface area (Å²) in [6.45, 7) is 0. The van der Waals surface area contributed by atoms with Crippen LogP contribution in [0.3, 0.4) is 0 Å². The smallest absolute Gasteiger partial charge is 0.0715 e. The molecule has 0 spiro atoms. The molecule has 176 valence electrons. The van der Waals surface area contributed by atoms with Gasteiger partial charge in [0.1, 0.15) is 0 Å². The molecule has 3 aromatic carbocycles. The Morgan fingerprint density at radius 2 is 1.14 bits per heavy atom. The molecule has 6 rings (SSSR count). The molecule has 0 atom stereocenters. The highest BCUT2D eigenvalue weighted by Gasteiger charge is 2.13. The standard InChI is InChI=1S/C34H25N3/c35-30-15-8-7-14-29(30)32-17-9-16-31(36-32)27-20-18-24(19-21-27)28-22-33(25-10-3-1-4-11-25)37-34(23-28)26-12-5-2-6-13-26/h1-23,35-36H/b32-29-,35-30?. The number of pyridine rings is 1. The Hall–Kier alpha value is -5.02. The van der Waals surface area contributed by atoms with E-state index in [0.717, 1.165) is 56.2 Å². The number of hydrogen-bond donors (Lipinski definition) is 2. The van der Waals surface area contributed by atoms with Gasteiger partial charge in [-0.25, -0.2) is 4.98 Å². The van der Waals surface area contributed by atoms with Gasteiger partial charge in [-0.2, -0.15) is 0 Å². The molecule has 1 aromatic heterocycles. The molecule has 0 unspecified atom stereocenters. The summed E-state index contributed by atoms with van der Waals surface area (Å²) in [6, 6.07) is 33.6. The summed E-state index contributed by atoms with van der Waals surface area (Å²) in [5, 5.41) is 11.7. The second-order valence-electron chi connectivity index (χ2n) is 8.96. The van der Waals surface area contributed by atoms with Crippen LogP contribution in [0, 0.1) is 5.41 Å². The van der Waals surface area contributed by atoms with Gasteiger partial charge < -0.3 is 10.7 Å². The normalized spacial score (nSPS) is 16.4. The maximum absolute atomic E-state index is 8.24. The van der Waals surface area contributed by atoms with Crippen LogP contribution in [0.4, 0.5) is 0 Å². The van der Waals surface area contributed by atoms with E-state index in [1.165, 1.54) is 0 Å². The molecule has 1 aliphatic heterocycles. The zero-order valence-corrected chi connectivity index (χ0v) is 20.2. The average Bonchev–Trinajstić information content (AvgIpc) is 2.98. The van der Waals surface area contributed by atoms with E-state index in [1.807, 2.05) is 72.9 Å². The summed E-state index contributed by atoms with van der Waals surface area (Å²) in [5.41, 5.74) is 10.8. The Morgan fingerprint density at radius 3 is 1.76 bits per heavy atom. The van der Waals surface area contributed by atoms with E-state index in [0.29, 0.717) is 5.71 Å². The van der Waals surface area contributed by atoms with Gasteiger partial charge in [0.15, 0.2) is 0 Å². The first-order valence-electron chi connectivity index (χ1n) is 12.3. The van der Waals surface area contributed by atoms with Gasteiger partial charge in [-0.1, -0.05) is 109 Å². The monoisotopic (exact) mass is 475 g/mol. The maximum Gasteiger partial charge on any atom is 0.0715 e. The summed E-state index contributed by atoms with van der Waals surface area (Å²) < 4.78 is 0. The van der Waals surface area contributed by atoms with Crippen LogP contribution in [0.25, 0.3) is 39.3 Å². The zero-order valence-electron chi connectivity index (χ0n) is 20.2. The topological polar surface area (TPSA) is 48.8 Å². The quantitative estimate of drug-likeness (QED) is 0.314. The molecule has 37 heavy (non-hydrogen) atoms. The Balaban J connectivity index is 1.34. The van der Waals surface area contributed by atoms with Crippen molar-refractivity contribution >= 4 is 11.4 Å². The van der Waals surface area contributed by atoms with Crippen LogP contribution in [0.2, 0.25) is 0 Å². The lowest BCUT2D eigenvalue weighted by atomic mass is 9.97. The predicted molar refractivity (Wildman–Crippen MR) is 154 cm³/mol. The molecule has 0 saturated carbocycles. The van der Waals surface area contributed by atoms with Crippen molar-refractivity contribution in [2.75, 3.05) is 0 Å². The second kappa shape index (κ2) is 9.92. The predicted octanol–water partition coefficient (Wildman–Crippen LogP) is 7.98. The fourth-order valence-electron chi connectivity index (χ4n) is 4.57. The van der Waals surface area contributed by atoms with E-state index in [9.17, 15) is 0 Å². The number of nitrogens with zero attached hydrogens (tertiary/aromatic N) is 1. The van der Waals surface area contributed by atoms with Crippen LogP contribution >= 0.6 is 0 Å². The highest BCUT2D eigenvalue weighted by atomic mass is 14.9. The largest absolute Gasteiger partial charge is 0.354 e. The SMILES string of the molecule is N=C1C=CC=C/C1=C1\C=CC=C(c2ccc(-c3cc(-c4ccccc4)nc(-c4ccccc4)c3)cc2)N1. The molecule has 2 heterocycles. The van der Waals surface area contributed by atoms with Crippen LogP contribution in [0.5, 0.6) is 0 Å². The van der Waals surface area contributed by atoms with Gasteiger partial charge in [0.25, 0.3) is 0 Å². The second-order valence-corrected chi connectivity index (χ2v) is 8.96. The zero-order chi connectivity index (χ0) is 25.0. The van der Waals surface area contributed by atoms with Crippen LogP contribution in [-0.4, -0.2) is 10.7 Å². The van der Waals surface area contributed by atoms with Gasteiger partial charge in [0.05, 0.1) is 17.1 Å². The number of rotatable bonds is 4. The number of dihydropyridines is 1. The Morgan fingerprint density at radius 1 is 0.541 bits per heavy atom. The summed E-state index contributed by atoms with van der Waals surface area (Å²) in [6.07, 6.45) is 13.7. The fraction of sp³-hybridized carbons (Fsp3) is 0. The number of aromatic nitrogens is 1. The van der Waals surface area contributed by atoms with Crippen molar-refractivity contribution in [1.29, 1.82) is 5.41 Å². The number of nitrogens with one attached hydrogen (secondary N) is 2. The lowest BCUT2D eigenvalue weighted by Gasteiger charge is -2.19. The van der Waals surface area contributed by atoms with Gasteiger partial charge in [-0.05, 0) is 47.1 Å². The van der Waals surface area contributed by atoms with Gasteiger partial charge in [-0.15, -0.1) is 0 Å². The van der Waals surface area contributed by atoms with E-state index in [-0.39, 0.29) is 0 Å². The van der Waals surface area contributed by atoms with Gasteiger partial charge in [0.2, 0.25) is 0 Å². The molecular weight excluding hydrogens is 450 g/mol. The van der Waals surface area contributed by atoms with E-state index >= 15 is 0 Å². The van der Waals surface area contributed by atoms with Crippen LogP contribution < -0.4 is 5.32 Å². The minimum atomic E-state index is 0.507. The molecule has 0 bridgehead atoms. The molecule has 0 fully saturated rings. The van der Waals surface area contributed by atoms with E-state index in [2.05, 4.69) is 72.1 Å². The van der Waals surface area contributed by atoms with E-state index < -0.39 is 0 Å². The van der Waals surface area contributed by atoms with Gasteiger partial charge in [0, 0.05) is 28.1 Å². The third-order valence-corrected chi connectivity index (χ3v) is 6.51. The molecule has 0 saturated heterocycles. The number of allylic oxidation sites excluding steroid dienone is 8. The Labute approximate surface area is 217 Å². The molecule has 1 aliphatic carbocycles. The third-order valence-electron chi connectivity index (χ3n) is 6.51. The first kappa shape index (κ1) is 22.4. The van der Waals surface area contributed by atoms with E-state index in [1.54, 1.807) is 0 Å². The summed E-state index contributed by atoms with van der Waals surface area (Å²) in [5.74, 6) is 0. The van der Waals surface area contributed by atoms with Crippen molar-refractivity contribution in [2.24, 2.45) is 0 Å². The van der Waals surface area contributed by atoms with Crippen LogP contribution in [-0.2, 0) is 0 Å². The third kappa shape index (κ3) is 4.75. The number of hydrogen-bond acceptors (Lipinski definition) is 3. The molecule has 0 amide bonds. The average molecular weight is 476 g/mol. The first-order chi connectivity index (χ1) is 18.2. The van der Waals surface area contributed by atoms with Crippen molar-refractivity contribution in [3.8, 4) is 33.6 Å². The molecule has 3 nitrogen and oxygen atoms in total. The maximum atomic E-state index is 8.24. The lowest BCUT2D eigenvalue weighted by molar-refractivity contribution is 1.11.